The summed E-state index contributed by atoms with van der Waals surface area (Å²) in [4.78, 5) is 24.1. The van der Waals surface area contributed by atoms with Gasteiger partial charge in [0.15, 0.2) is 0 Å². The van der Waals surface area contributed by atoms with Gasteiger partial charge in [-0.1, -0.05) is 6.92 Å². The molecule has 0 aromatic rings. The Bertz CT molecular complexity index is 285. The standard InChI is InChI=1S/C11H20N2O4/c1-7(10(14)15)4-12-11(16)13-5-8(2)17-9(3)6-13/h7-9H,4-6H2,1-3H3,(H,12,16)(H,14,15). The zero-order valence-corrected chi connectivity index (χ0v) is 10.5. The molecule has 1 saturated heterocycles. The molecule has 0 aromatic heterocycles. The Morgan fingerprint density at radius 2 is 1.94 bits per heavy atom. The third-order valence-corrected chi connectivity index (χ3v) is 2.69. The van der Waals surface area contributed by atoms with E-state index in [-0.39, 0.29) is 24.8 Å². The summed E-state index contributed by atoms with van der Waals surface area (Å²) in [6.07, 6.45) is 0.0304. The van der Waals surface area contributed by atoms with E-state index in [0.29, 0.717) is 13.1 Å². The molecule has 6 heteroatoms. The number of carboxylic acids is 1. The van der Waals surface area contributed by atoms with Crippen molar-refractivity contribution in [2.75, 3.05) is 19.6 Å². The fraction of sp³-hybridized carbons (Fsp3) is 0.818. The Kier molecular flexibility index (Phi) is 4.74. The summed E-state index contributed by atoms with van der Waals surface area (Å²) < 4.78 is 5.51. The number of urea groups is 1. The van der Waals surface area contributed by atoms with E-state index in [1.54, 1.807) is 11.8 Å². The molecule has 3 unspecified atom stereocenters. The number of nitrogens with one attached hydrogen (secondary N) is 1. The normalized spacial score (nSPS) is 26.4. The van der Waals surface area contributed by atoms with E-state index >= 15 is 0 Å². The number of rotatable bonds is 3. The number of aliphatic carboxylic acids is 1. The average molecular weight is 244 g/mol. The van der Waals surface area contributed by atoms with Gasteiger partial charge in [0, 0.05) is 19.6 Å². The molecule has 0 bridgehead atoms. The summed E-state index contributed by atoms with van der Waals surface area (Å²) in [5, 5.41) is 11.3. The van der Waals surface area contributed by atoms with Crippen LogP contribution in [0.5, 0.6) is 0 Å². The predicted octanol–water partition coefficient (Wildman–Crippen LogP) is 0.526. The molecule has 2 N–H and O–H groups in total. The zero-order chi connectivity index (χ0) is 13.0. The van der Waals surface area contributed by atoms with Crippen LogP contribution < -0.4 is 5.32 Å². The van der Waals surface area contributed by atoms with Crippen LogP contribution in [0.3, 0.4) is 0 Å². The van der Waals surface area contributed by atoms with Gasteiger partial charge in [0.05, 0.1) is 18.1 Å². The quantitative estimate of drug-likeness (QED) is 0.759. The molecule has 0 saturated carbocycles. The topological polar surface area (TPSA) is 78.9 Å². The first-order valence-electron chi connectivity index (χ1n) is 5.81. The lowest BCUT2D eigenvalue weighted by Crippen LogP contribution is -2.52. The van der Waals surface area contributed by atoms with Gasteiger partial charge in [-0.15, -0.1) is 0 Å². The van der Waals surface area contributed by atoms with Crippen LogP contribution in [0.15, 0.2) is 0 Å². The van der Waals surface area contributed by atoms with Gasteiger partial charge < -0.3 is 20.1 Å². The highest BCUT2D eigenvalue weighted by molar-refractivity contribution is 5.76. The minimum absolute atomic E-state index is 0.0152. The van der Waals surface area contributed by atoms with Gasteiger partial charge in [-0.3, -0.25) is 4.79 Å². The maximum atomic E-state index is 11.8. The van der Waals surface area contributed by atoms with Crippen LogP contribution in [0.1, 0.15) is 20.8 Å². The van der Waals surface area contributed by atoms with Crippen LogP contribution in [0.25, 0.3) is 0 Å². The summed E-state index contributed by atoms with van der Waals surface area (Å²) in [6, 6.07) is -0.222. The number of morpholine rings is 1. The largest absolute Gasteiger partial charge is 0.481 e. The fourth-order valence-corrected chi connectivity index (χ4v) is 1.78. The molecule has 1 fully saturated rings. The van der Waals surface area contributed by atoms with Gasteiger partial charge in [-0.05, 0) is 13.8 Å². The molecule has 1 aliphatic rings. The van der Waals surface area contributed by atoms with Crippen LogP contribution >= 0.6 is 0 Å². The summed E-state index contributed by atoms with van der Waals surface area (Å²) in [5.74, 6) is -1.48. The molecular weight excluding hydrogens is 224 g/mol. The highest BCUT2D eigenvalue weighted by Gasteiger charge is 2.26. The minimum Gasteiger partial charge on any atom is -0.481 e. The van der Waals surface area contributed by atoms with E-state index in [1.165, 1.54) is 0 Å². The first-order valence-corrected chi connectivity index (χ1v) is 5.81. The number of carbonyl (C=O) groups is 2. The number of ether oxygens (including phenoxy) is 1. The second-order valence-corrected chi connectivity index (χ2v) is 4.59. The van der Waals surface area contributed by atoms with Gasteiger partial charge in [-0.2, -0.15) is 0 Å². The summed E-state index contributed by atoms with van der Waals surface area (Å²) >= 11 is 0. The lowest BCUT2D eigenvalue weighted by molar-refractivity contribution is -0.140. The van der Waals surface area contributed by atoms with Crippen molar-refractivity contribution < 1.29 is 19.4 Å². The SMILES string of the molecule is CC1CN(C(=O)NCC(C)C(=O)O)CC(C)O1. The molecule has 0 spiro atoms. The molecule has 1 heterocycles. The van der Waals surface area contributed by atoms with Gasteiger partial charge in [0.25, 0.3) is 0 Å². The van der Waals surface area contributed by atoms with Crippen molar-refractivity contribution in [2.24, 2.45) is 5.92 Å². The Labute approximate surface area is 101 Å². The van der Waals surface area contributed by atoms with Crippen molar-refractivity contribution in [2.45, 2.75) is 33.0 Å². The van der Waals surface area contributed by atoms with E-state index in [0.717, 1.165) is 0 Å². The van der Waals surface area contributed by atoms with E-state index in [1.807, 2.05) is 13.8 Å². The Morgan fingerprint density at radius 3 is 2.41 bits per heavy atom. The predicted molar refractivity (Wildman–Crippen MR) is 61.8 cm³/mol. The molecule has 98 valence electrons. The molecule has 3 atom stereocenters. The minimum atomic E-state index is -0.908. The molecule has 6 nitrogen and oxygen atoms in total. The van der Waals surface area contributed by atoms with Crippen molar-refractivity contribution >= 4 is 12.0 Å². The van der Waals surface area contributed by atoms with E-state index in [9.17, 15) is 9.59 Å². The second kappa shape index (κ2) is 5.86. The lowest BCUT2D eigenvalue weighted by Gasteiger charge is -2.35. The summed E-state index contributed by atoms with van der Waals surface area (Å²) in [5.41, 5.74) is 0. The van der Waals surface area contributed by atoms with Crippen LogP contribution in [0.2, 0.25) is 0 Å². The monoisotopic (exact) mass is 244 g/mol. The Balaban J connectivity index is 2.39. The fourth-order valence-electron chi connectivity index (χ4n) is 1.78. The smallest absolute Gasteiger partial charge is 0.317 e. The van der Waals surface area contributed by atoms with Crippen LogP contribution in [-0.4, -0.2) is 53.8 Å². The third-order valence-electron chi connectivity index (χ3n) is 2.69. The Hall–Kier alpha value is -1.30. The highest BCUT2D eigenvalue weighted by atomic mass is 16.5. The molecule has 0 radical (unpaired) electrons. The number of nitrogens with zero attached hydrogens (tertiary/aromatic N) is 1. The first-order chi connectivity index (χ1) is 7.90. The highest BCUT2D eigenvalue weighted by Crippen LogP contribution is 2.10. The van der Waals surface area contributed by atoms with E-state index in [4.69, 9.17) is 9.84 Å². The molecule has 17 heavy (non-hydrogen) atoms. The van der Waals surface area contributed by atoms with Crippen LogP contribution in [-0.2, 0) is 9.53 Å². The number of hydrogen-bond donors (Lipinski definition) is 2. The van der Waals surface area contributed by atoms with Gasteiger partial charge in [0.1, 0.15) is 0 Å². The van der Waals surface area contributed by atoms with Gasteiger partial charge >= 0.3 is 12.0 Å². The third kappa shape index (κ3) is 4.22. The molecule has 0 aromatic carbocycles. The molecule has 1 rings (SSSR count). The Morgan fingerprint density at radius 1 is 1.41 bits per heavy atom. The number of carboxylic acid groups (broad SMARTS) is 1. The van der Waals surface area contributed by atoms with Crippen molar-refractivity contribution in [3.05, 3.63) is 0 Å². The van der Waals surface area contributed by atoms with Gasteiger partial charge in [-0.25, -0.2) is 4.79 Å². The number of hydrogen-bond acceptors (Lipinski definition) is 3. The van der Waals surface area contributed by atoms with Gasteiger partial charge in [0.2, 0.25) is 0 Å². The molecule has 0 aliphatic carbocycles. The average Bonchev–Trinajstić information content (AvgIpc) is 2.23. The van der Waals surface area contributed by atoms with Crippen molar-refractivity contribution in [1.82, 2.24) is 10.2 Å². The lowest BCUT2D eigenvalue weighted by atomic mass is 10.2. The van der Waals surface area contributed by atoms with Crippen LogP contribution in [0, 0.1) is 5.92 Å². The van der Waals surface area contributed by atoms with Crippen LogP contribution in [0.4, 0.5) is 4.79 Å². The van der Waals surface area contributed by atoms with E-state index < -0.39 is 11.9 Å². The zero-order valence-electron chi connectivity index (χ0n) is 10.5. The van der Waals surface area contributed by atoms with E-state index in [2.05, 4.69) is 5.32 Å². The first kappa shape index (κ1) is 13.8. The number of amides is 2. The summed E-state index contributed by atoms with van der Waals surface area (Å²) in [6.45, 7) is 6.61. The van der Waals surface area contributed by atoms with Crippen molar-refractivity contribution in [1.29, 1.82) is 0 Å². The number of carbonyl (C=O) groups excluding carboxylic acids is 1. The molecule has 2 amide bonds. The molecular formula is C11H20N2O4. The molecule has 1 aliphatic heterocycles. The second-order valence-electron chi connectivity index (χ2n) is 4.59. The van der Waals surface area contributed by atoms with Crippen molar-refractivity contribution in [3.63, 3.8) is 0 Å². The maximum absolute atomic E-state index is 11.8. The van der Waals surface area contributed by atoms with Crippen molar-refractivity contribution in [3.8, 4) is 0 Å². The summed E-state index contributed by atoms with van der Waals surface area (Å²) in [7, 11) is 0. The maximum Gasteiger partial charge on any atom is 0.317 e.